The molecule has 0 aliphatic carbocycles. The summed E-state index contributed by atoms with van der Waals surface area (Å²) in [5.41, 5.74) is 2.96. The highest BCUT2D eigenvalue weighted by Crippen LogP contribution is 2.32. The van der Waals surface area contributed by atoms with Crippen LogP contribution >= 0.6 is 0 Å². The molecule has 2 nitrogen and oxygen atoms in total. The maximum Gasteiger partial charge on any atom is 0.223 e. The van der Waals surface area contributed by atoms with Crippen LogP contribution in [0, 0.1) is 5.92 Å². The van der Waals surface area contributed by atoms with Crippen molar-refractivity contribution in [3.8, 4) is 0 Å². The van der Waals surface area contributed by atoms with Crippen LogP contribution in [0.2, 0.25) is 0 Å². The Morgan fingerprint density at radius 3 is 2.80 bits per heavy atom. The molecule has 2 heterocycles. The molecule has 2 unspecified atom stereocenters. The number of rotatable bonds is 0. The Kier molecular flexibility index (Phi) is 2.85. The third-order valence-corrected chi connectivity index (χ3v) is 3.90. The average molecular weight is 207 g/mol. The third kappa shape index (κ3) is 1.95. The summed E-state index contributed by atoms with van der Waals surface area (Å²) in [5.74, 6) is 0.985. The van der Waals surface area contributed by atoms with Gasteiger partial charge in [0.25, 0.3) is 0 Å². The minimum Gasteiger partial charge on any atom is -0.336 e. The number of allylic oxidation sites excluding steroid dienone is 1. The van der Waals surface area contributed by atoms with Gasteiger partial charge in [0.1, 0.15) is 0 Å². The van der Waals surface area contributed by atoms with Crippen molar-refractivity contribution in [2.24, 2.45) is 5.92 Å². The fourth-order valence-electron chi connectivity index (χ4n) is 2.97. The number of amides is 1. The Morgan fingerprint density at radius 1 is 1.33 bits per heavy atom. The molecular weight excluding hydrogens is 186 g/mol. The van der Waals surface area contributed by atoms with Crippen molar-refractivity contribution >= 4 is 5.91 Å². The first kappa shape index (κ1) is 10.7. The minimum absolute atomic E-state index is 0.368. The molecule has 2 heteroatoms. The fourth-order valence-corrected chi connectivity index (χ4v) is 2.97. The largest absolute Gasteiger partial charge is 0.336 e. The van der Waals surface area contributed by atoms with E-state index in [0.717, 1.165) is 25.8 Å². The molecule has 2 aliphatic rings. The molecule has 2 atom stereocenters. The highest BCUT2D eigenvalue weighted by Gasteiger charge is 2.32. The van der Waals surface area contributed by atoms with Gasteiger partial charge in [-0.1, -0.05) is 18.1 Å². The highest BCUT2D eigenvalue weighted by atomic mass is 16.2. The van der Waals surface area contributed by atoms with E-state index in [4.69, 9.17) is 0 Å². The second-order valence-corrected chi connectivity index (χ2v) is 5.23. The number of piperidine rings is 1. The molecule has 0 aromatic heterocycles. The van der Waals surface area contributed by atoms with Crippen molar-refractivity contribution < 1.29 is 4.79 Å². The lowest BCUT2D eigenvalue weighted by Crippen LogP contribution is -2.45. The van der Waals surface area contributed by atoms with Gasteiger partial charge in [0.2, 0.25) is 5.91 Å². The first-order valence-corrected chi connectivity index (χ1v) is 6.05. The monoisotopic (exact) mass is 207 g/mol. The molecule has 15 heavy (non-hydrogen) atoms. The summed E-state index contributed by atoms with van der Waals surface area (Å²) >= 11 is 0. The standard InChI is InChI=1S/C13H21NO/c1-9-7-10(2)11(3)12-5-4-6-13(15)14(12)8-9/h9,12H,4-8H2,1-3H3. The SMILES string of the molecule is CC1=C(C)C2CCCC(=O)N2CC(C)C1. The zero-order chi connectivity index (χ0) is 11.0. The molecule has 1 amide bonds. The first-order valence-electron chi connectivity index (χ1n) is 6.05. The molecule has 1 saturated heterocycles. The summed E-state index contributed by atoms with van der Waals surface area (Å²) in [7, 11) is 0. The molecular formula is C13H21NO. The van der Waals surface area contributed by atoms with E-state index in [0.29, 0.717) is 17.9 Å². The number of carbonyl (C=O) groups is 1. The molecule has 0 bridgehead atoms. The van der Waals surface area contributed by atoms with Crippen LogP contribution in [0.15, 0.2) is 11.1 Å². The summed E-state index contributed by atoms with van der Waals surface area (Å²) in [6, 6.07) is 0.413. The lowest BCUT2D eigenvalue weighted by atomic mass is 9.93. The van der Waals surface area contributed by atoms with Crippen molar-refractivity contribution in [3.63, 3.8) is 0 Å². The van der Waals surface area contributed by atoms with Gasteiger partial charge in [-0.05, 0) is 39.0 Å². The van der Waals surface area contributed by atoms with Gasteiger partial charge in [0.15, 0.2) is 0 Å². The lowest BCUT2D eigenvalue weighted by Gasteiger charge is -2.36. The number of fused-ring (bicyclic) bond motifs is 1. The topological polar surface area (TPSA) is 20.3 Å². The van der Waals surface area contributed by atoms with Gasteiger partial charge in [-0.2, -0.15) is 0 Å². The van der Waals surface area contributed by atoms with E-state index in [1.165, 1.54) is 17.6 Å². The quantitative estimate of drug-likeness (QED) is 0.559. The molecule has 0 N–H and O–H groups in total. The van der Waals surface area contributed by atoms with Gasteiger partial charge in [0, 0.05) is 13.0 Å². The molecule has 2 rings (SSSR count). The van der Waals surface area contributed by atoms with E-state index in [1.807, 2.05) is 0 Å². The van der Waals surface area contributed by atoms with Crippen molar-refractivity contribution in [2.45, 2.75) is 52.5 Å². The Balaban J connectivity index is 2.30. The van der Waals surface area contributed by atoms with E-state index >= 15 is 0 Å². The maximum atomic E-state index is 11.9. The summed E-state index contributed by atoms with van der Waals surface area (Å²) in [6.45, 7) is 7.65. The average Bonchev–Trinajstić information content (AvgIpc) is 2.29. The van der Waals surface area contributed by atoms with Crippen LogP contribution in [0.25, 0.3) is 0 Å². The predicted octanol–water partition coefficient (Wildman–Crippen LogP) is 2.74. The van der Waals surface area contributed by atoms with E-state index < -0.39 is 0 Å². The Bertz CT molecular complexity index is 306. The van der Waals surface area contributed by atoms with E-state index in [-0.39, 0.29) is 0 Å². The van der Waals surface area contributed by atoms with Gasteiger partial charge < -0.3 is 4.90 Å². The van der Waals surface area contributed by atoms with Crippen LogP contribution in [0.5, 0.6) is 0 Å². The molecule has 0 saturated carbocycles. The normalized spacial score (nSPS) is 32.7. The van der Waals surface area contributed by atoms with Gasteiger partial charge in [0.05, 0.1) is 6.04 Å². The fraction of sp³-hybridized carbons (Fsp3) is 0.769. The number of carbonyl (C=O) groups excluding carboxylic acids is 1. The number of hydrogen-bond donors (Lipinski definition) is 0. The Labute approximate surface area is 92.3 Å². The maximum absolute atomic E-state index is 11.9. The second-order valence-electron chi connectivity index (χ2n) is 5.23. The van der Waals surface area contributed by atoms with Crippen molar-refractivity contribution in [1.82, 2.24) is 4.90 Å². The van der Waals surface area contributed by atoms with Crippen molar-refractivity contribution in [1.29, 1.82) is 0 Å². The van der Waals surface area contributed by atoms with Crippen LogP contribution in [-0.4, -0.2) is 23.4 Å². The summed E-state index contributed by atoms with van der Waals surface area (Å²) in [6.07, 6.45) is 4.16. The van der Waals surface area contributed by atoms with Gasteiger partial charge in [-0.25, -0.2) is 0 Å². The van der Waals surface area contributed by atoms with Crippen LogP contribution in [-0.2, 0) is 4.79 Å². The van der Waals surface area contributed by atoms with Crippen LogP contribution in [0.1, 0.15) is 46.5 Å². The van der Waals surface area contributed by atoms with Crippen molar-refractivity contribution in [3.05, 3.63) is 11.1 Å². The van der Waals surface area contributed by atoms with Crippen LogP contribution in [0.4, 0.5) is 0 Å². The van der Waals surface area contributed by atoms with Gasteiger partial charge in [-0.3, -0.25) is 4.79 Å². The number of nitrogens with zero attached hydrogens (tertiary/aromatic N) is 1. The summed E-state index contributed by atoms with van der Waals surface area (Å²) < 4.78 is 0. The van der Waals surface area contributed by atoms with Gasteiger partial charge >= 0.3 is 0 Å². The summed E-state index contributed by atoms with van der Waals surface area (Å²) in [4.78, 5) is 14.0. The highest BCUT2D eigenvalue weighted by molar-refractivity contribution is 5.78. The molecule has 2 aliphatic heterocycles. The zero-order valence-corrected chi connectivity index (χ0v) is 10.0. The lowest BCUT2D eigenvalue weighted by molar-refractivity contribution is -0.135. The minimum atomic E-state index is 0.368. The molecule has 0 spiro atoms. The Morgan fingerprint density at radius 2 is 2.07 bits per heavy atom. The van der Waals surface area contributed by atoms with Crippen LogP contribution in [0.3, 0.4) is 0 Å². The molecule has 0 aromatic rings. The summed E-state index contributed by atoms with van der Waals surface area (Å²) in [5, 5.41) is 0. The van der Waals surface area contributed by atoms with E-state index in [1.54, 1.807) is 0 Å². The number of hydrogen-bond acceptors (Lipinski definition) is 1. The molecule has 0 radical (unpaired) electrons. The Hall–Kier alpha value is -0.790. The molecule has 0 aromatic carbocycles. The first-order chi connectivity index (χ1) is 7.09. The van der Waals surface area contributed by atoms with Crippen LogP contribution < -0.4 is 0 Å². The second kappa shape index (κ2) is 3.99. The smallest absolute Gasteiger partial charge is 0.223 e. The molecule has 84 valence electrons. The predicted molar refractivity (Wildman–Crippen MR) is 61.5 cm³/mol. The molecule has 1 fully saturated rings. The van der Waals surface area contributed by atoms with E-state index in [2.05, 4.69) is 25.7 Å². The zero-order valence-electron chi connectivity index (χ0n) is 10.0. The third-order valence-electron chi connectivity index (χ3n) is 3.90. The van der Waals surface area contributed by atoms with Crippen molar-refractivity contribution in [2.75, 3.05) is 6.54 Å². The van der Waals surface area contributed by atoms with Gasteiger partial charge in [-0.15, -0.1) is 0 Å². The van der Waals surface area contributed by atoms with E-state index in [9.17, 15) is 4.79 Å².